The van der Waals surface area contributed by atoms with Crippen LogP contribution in [0.2, 0.25) is 0 Å². The van der Waals surface area contributed by atoms with Gasteiger partial charge >= 0.3 is 0 Å². The Bertz CT molecular complexity index is 2990. The number of hydrogen-bond donors (Lipinski definition) is 0. The van der Waals surface area contributed by atoms with E-state index in [1.165, 1.54) is 104 Å². The molecule has 0 fully saturated rings. The number of aromatic nitrogens is 1. The number of hydrogen-bond acceptors (Lipinski definition) is 0. The Morgan fingerprint density at radius 1 is 0.396 bits per heavy atom. The Morgan fingerprint density at radius 2 is 0.938 bits per heavy atom. The third kappa shape index (κ3) is 3.16. The van der Waals surface area contributed by atoms with Crippen LogP contribution >= 0.6 is 0 Å². The molecule has 0 aliphatic heterocycles. The van der Waals surface area contributed by atoms with Crippen molar-refractivity contribution in [1.29, 1.82) is 0 Å². The molecule has 1 heteroatoms. The van der Waals surface area contributed by atoms with Crippen molar-refractivity contribution in [2.75, 3.05) is 0 Å². The van der Waals surface area contributed by atoms with Gasteiger partial charge in [-0.05, 0) is 100 Å². The van der Waals surface area contributed by atoms with Gasteiger partial charge in [0, 0.05) is 21.9 Å². The molecule has 224 valence electrons. The molecule has 1 aliphatic rings. The summed E-state index contributed by atoms with van der Waals surface area (Å²) in [4.78, 5) is 0. The summed E-state index contributed by atoms with van der Waals surface area (Å²) in [6.45, 7) is 4.81. The monoisotopic (exact) mass is 609 g/mol. The van der Waals surface area contributed by atoms with Gasteiger partial charge in [-0.1, -0.05) is 141 Å². The number of para-hydroxylation sites is 1. The summed E-state index contributed by atoms with van der Waals surface area (Å²) in [7, 11) is 0. The molecule has 0 atom stereocenters. The van der Waals surface area contributed by atoms with Crippen LogP contribution in [0.15, 0.2) is 152 Å². The van der Waals surface area contributed by atoms with Crippen molar-refractivity contribution in [2.45, 2.75) is 19.3 Å². The molecule has 0 N–H and O–H groups in total. The van der Waals surface area contributed by atoms with Gasteiger partial charge in [-0.25, -0.2) is 0 Å². The fourth-order valence-corrected chi connectivity index (χ4v) is 9.36. The molecular weight excluding hydrogens is 579 g/mol. The molecule has 1 heterocycles. The zero-order valence-electron chi connectivity index (χ0n) is 26.9. The molecule has 0 saturated carbocycles. The van der Waals surface area contributed by atoms with E-state index in [1.54, 1.807) is 0 Å². The predicted molar refractivity (Wildman–Crippen MR) is 206 cm³/mol. The molecule has 1 aliphatic carbocycles. The van der Waals surface area contributed by atoms with Crippen molar-refractivity contribution >= 4 is 75.7 Å². The minimum atomic E-state index is -0.109. The topological polar surface area (TPSA) is 4.93 Å². The lowest BCUT2D eigenvalue weighted by atomic mass is 9.78. The summed E-state index contributed by atoms with van der Waals surface area (Å²) in [6, 6.07) is 56.6. The fourth-order valence-electron chi connectivity index (χ4n) is 9.36. The van der Waals surface area contributed by atoms with Gasteiger partial charge in [0.2, 0.25) is 0 Å². The average molecular weight is 610 g/mol. The molecule has 0 unspecified atom stereocenters. The second kappa shape index (κ2) is 9.12. The molecule has 10 aromatic rings. The number of nitrogens with zero attached hydrogens (tertiary/aromatic N) is 1. The van der Waals surface area contributed by atoms with Gasteiger partial charge in [0.1, 0.15) is 0 Å². The minimum Gasteiger partial charge on any atom is -0.309 e. The van der Waals surface area contributed by atoms with Crippen LogP contribution in [-0.2, 0) is 5.41 Å². The number of fused-ring (bicyclic) bond motifs is 18. The van der Waals surface area contributed by atoms with E-state index in [9.17, 15) is 0 Å². The summed E-state index contributed by atoms with van der Waals surface area (Å²) in [6.07, 6.45) is 0. The molecule has 1 nitrogen and oxygen atoms in total. The molecule has 11 rings (SSSR count). The summed E-state index contributed by atoms with van der Waals surface area (Å²) in [5, 5.41) is 15.8. The van der Waals surface area contributed by atoms with Crippen LogP contribution in [0.3, 0.4) is 0 Å². The van der Waals surface area contributed by atoms with Crippen LogP contribution < -0.4 is 0 Å². The summed E-state index contributed by atoms with van der Waals surface area (Å²) in [5.74, 6) is 0. The Balaban J connectivity index is 1.31. The summed E-state index contributed by atoms with van der Waals surface area (Å²) < 4.78 is 2.50. The highest BCUT2D eigenvalue weighted by Crippen LogP contribution is 2.56. The minimum absolute atomic E-state index is 0.109. The molecule has 48 heavy (non-hydrogen) atoms. The van der Waals surface area contributed by atoms with E-state index in [-0.39, 0.29) is 5.41 Å². The first-order chi connectivity index (χ1) is 23.6. The van der Waals surface area contributed by atoms with Gasteiger partial charge in [0.25, 0.3) is 0 Å². The lowest BCUT2D eigenvalue weighted by molar-refractivity contribution is 0.666. The smallest absolute Gasteiger partial charge is 0.0547 e. The van der Waals surface area contributed by atoms with Gasteiger partial charge in [-0.2, -0.15) is 0 Å². The van der Waals surface area contributed by atoms with E-state index in [0.29, 0.717) is 0 Å². The van der Waals surface area contributed by atoms with E-state index < -0.39 is 0 Å². The van der Waals surface area contributed by atoms with Crippen LogP contribution in [0.4, 0.5) is 0 Å². The maximum atomic E-state index is 2.50. The van der Waals surface area contributed by atoms with Crippen molar-refractivity contribution < 1.29 is 0 Å². The quantitative estimate of drug-likeness (QED) is 0.163. The molecular formula is C47H31N. The Labute approximate surface area is 278 Å². The van der Waals surface area contributed by atoms with Crippen molar-refractivity contribution in [3.63, 3.8) is 0 Å². The standard InChI is InChI=1S/C47H31N/c1-47(2)40-21-11-9-19-36(40)44-35-18-8-7-17-34(35)43-38(46(44)47)25-26-42-45(43)37-20-10-12-22-41(37)48(42)28-23-24-33-31-15-4-3-13-29(31)30-14-5-6-16-32(30)39(33)27-28/h3-27H,1-2H3. The SMILES string of the molecule is CC1(C)c2ccccc2-c2c1c1ccc3c(c4ccccc4n3-c3ccc4c5ccccc5c5ccccc5c4c3)c1c1ccccc21. The van der Waals surface area contributed by atoms with Crippen molar-refractivity contribution in [3.8, 4) is 16.8 Å². The molecule has 0 spiro atoms. The molecule has 0 radical (unpaired) electrons. The molecule has 0 saturated heterocycles. The normalized spacial score (nSPS) is 13.8. The Kier molecular flexibility index (Phi) is 4.97. The average Bonchev–Trinajstić information content (AvgIpc) is 3.60. The third-order valence-corrected chi connectivity index (χ3v) is 11.3. The van der Waals surface area contributed by atoms with Crippen LogP contribution in [0.25, 0.3) is 92.5 Å². The van der Waals surface area contributed by atoms with Gasteiger partial charge in [-0.3, -0.25) is 0 Å². The molecule has 9 aromatic carbocycles. The van der Waals surface area contributed by atoms with Gasteiger partial charge in [0.15, 0.2) is 0 Å². The highest BCUT2D eigenvalue weighted by Gasteiger charge is 2.38. The van der Waals surface area contributed by atoms with E-state index >= 15 is 0 Å². The van der Waals surface area contributed by atoms with Crippen molar-refractivity contribution in [2.24, 2.45) is 0 Å². The number of rotatable bonds is 1. The van der Waals surface area contributed by atoms with Gasteiger partial charge in [0.05, 0.1) is 11.0 Å². The second-order valence-corrected chi connectivity index (χ2v) is 14.0. The highest BCUT2D eigenvalue weighted by molar-refractivity contribution is 6.32. The summed E-state index contributed by atoms with van der Waals surface area (Å²) >= 11 is 0. The van der Waals surface area contributed by atoms with E-state index in [2.05, 4.69) is 170 Å². The highest BCUT2D eigenvalue weighted by atomic mass is 15.0. The van der Waals surface area contributed by atoms with Crippen LogP contribution in [-0.4, -0.2) is 4.57 Å². The fraction of sp³-hybridized carbons (Fsp3) is 0.0638. The third-order valence-electron chi connectivity index (χ3n) is 11.3. The van der Waals surface area contributed by atoms with Gasteiger partial charge < -0.3 is 4.57 Å². The first-order valence-corrected chi connectivity index (χ1v) is 17.0. The maximum Gasteiger partial charge on any atom is 0.0547 e. The van der Waals surface area contributed by atoms with E-state index in [0.717, 1.165) is 0 Å². The lowest BCUT2D eigenvalue weighted by Gasteiger charge is -2.24. The first kappa shape index (κ1) is 26.2. The lowest BCUT2D eigenvalue weighted by Crippen LogP contribution is -2.15. The second-order valence-electron chi connectivity index (χ2n) is 14.0. The van der Waals surface area contributed by atoms with E-state index in [1.807, 2.05) is 0 Å². The van der Waals surface area contributed by atoms with Gasteiger partial charge in [-0.15, -0.1) is 0 Å². The van der Waals surface area contributed by atoms with Crippen LogP contribution in [0, 0.1) is 0 Å². The summed E-state index contributed by atoms with van der Waals surface area (Å²) in [5.41, 5.74) is 9.18. The number of benzene rings is 9. The zero-order chi connectivity index (χ0) is 31.7. The van der Waals surface area contributed by atoms with Crippen molar-refractivity contribution in [1.82, 2.24) is 4.57 Å². The Hall–Kier alpha value is -5.92. The molecule has 1 aromatic heterocycles. The Morgan fingerprint density at radius 3 is 1.67 bits per heavy atom. The molecule has 0 bridgehead atoms. The molecule has 0 amide bonds. The zero-order valence-corrected chi connectivity index (χ0v) is 26.9. The predicted octanol–water partition coefficient (Wildman–Crippen LogP) is 12.9. The first-order valence-electron chi connectivity index (χ1n) is 17.0. The van der Waals surface area contributed by atoms with E-state index in [4.69, 9.17) is 0 Å². The van der Waals surface area contributed by atoms with Crippen molar-refractivity contribution in [3.05, 3.63) is 163 Å². The maximum absolute atomic E-state index is 2.50. The largest absolute Gasteiger partial charge is 0.309 e. The van der Waals surface area contributed by atoms with Crippen LogP contribution in [0.5, 0.6) is 0 Å². The van der Waals surface area contributed by atoms with Crippen LogP contribution in [0.1, 0.15) is 25.0 Å².